The van der Waals surface area contributed by atoms with Crippen molar-refractivity contribution in [3.8, 4) is 79.4 Å². The van der Waals surface area contributed by atoms with Crippen LogP contribution in [0.5, 0.6) is 46.0 Å². The second-order valence-corrected chi connectivity index (χ2v) is 38.5. The molecule has 8 heterocycles. The van der Waals surface area contributed by atoms with E-state index in [4.69, 9.17) is 158 Å². The summed E-state index contributed by atoms with van der Waals surface area (Å²) in [6, 6.07) is 61.4. The Morgan fingerprint density at radius 1 is 0.379 bits per heavy atom. The first kappa shape index (κ1) is 82.2. The standard InChI is InChI=1S/C101H67Cl12N5O6/c1-99(2,3)56-38-34-53(35-39-56)61-21-13-16-24-72(61)123-96-88(108)80-69-49-70-81-77(85(105)93(113)97(89(81)109)124-73-25-17-14-22-62(73)54-36-40-57(41-37-54)100(4,5)6)66-47-65-76-79(87(107)95(91(111)83(76)103)122-71-23-15-12-20-60(71)52-30-32-55(33-31-52)98(119)120)68-48-67-78-74(63-46-64(75(80)84(104)92(96)112)116(69)101(114(63)67,115(65)68)117(66)70)82(102)90(110)94(86(78)106)121-59-44-28-51(29-45-59)19-11-10-18-50-26-42-58(43-27-50)118(7,8)9/h10-49H,1-9H3/q+2/b18-10+,19-11+. The smallest absolute Gasteiger partial charge is 0.545 e. The largest absolute Gasteiger partial charge is 0.553 e. The van der Waals surface area contributed by atoms with E-state index >= 15 is 0 Å². The number of quaternary nitrogens is 1. The summed E-state index contributed by atoms with van der Waals surface area (Å²) < 4.78 is 37.5. The zero-order valence-corrected chi connectivity index (χ0v) is 76.4. The van der Waals surface area contributed by atoms with Crippen molar-refractivity contribution in [2.75, 3.05) is 21.1 Å². The maximum Gasteiger partial charge on any atom is 0.553 e. The van der Waals surface area contributed by atoms with Gasteiger partial charge in [0.1, 0.15) is 48.8 Å². The Morgan fingerprint density at radius 2 is 0.734 bits per heavy atom. The third-order valence-corrected chi connectivity index (χ3v) is 28.5. The molecule has 0 aliphatic carbocycles. The predicted molar refractivity (Wildman–Crippen MR) is 511 cm³/mol. The molecule has 20 rings (SSSR count). The molecule has 0 radical (unpaired) electrons. The number of para-hydroxylation sites is 3. The first-order valence-electron chi connectivity index (χ1n) is 39.5. The molecule has 23 heteroatoms. The Hall–Kier alpha value is -10.1. The number of halogens is 12. The first-order chi connectivity index (χ1) is 59.2. The zero-order valence-electron chi connectivity index (χ0n) is 67.3. The molecule has 11 nitrogen and oxygen atoms in total. The van der Waals surface area contributed by atoms with Gasteiger partial charge in [-0.1, -0.05) is 354 Å². The van der Waals surface area contributed by atoms with Gasteiger partial charge >= 0.3 is 5.91 Å². The quantitative estimate of drug-likeness (QED) is 0.0414. The third-order valence-electron chi connectivity index (χ3n) is 23.7. The van der Waals surface area contributed by atoms with Crippen LogP contribution in [0.25, 0.3) is 103 Å². The molecule has 0 saturated carbocycles. The van der Waals surface area contributed by atoms with Crippen molar-refractivity contribution in [3.05, 3.63) is 339 Å². The summed E-state index contributed by atoms with van der Waals surface area (Å²) >= 11 is 96.6. The number of hydrogen-bond donors (Lipinski definition) is 0. The molecule has 6 aliphatic rings. The van der Waals surface area contributed by atoms with E-state index in [0.717, 1.165) is 44.5 Å². The van der Waals surface area contributed by atoms with E-state index < -0.39 is 11.9 Å². The fourth-order valence-electron chi connectivity index (χ4n) is 17.7. The molecule has 1 unspecified atom stereocenters. The second kappa shape index (κ2) is 30.0. The van der Waals surface area contributed by atoms with Gasteiger partial charge in [0.15, 0.2) is 23.0 Å². The number of aromatic carboxylic acids is 1. The van der Waals surface area contributed by atoms with Gasteiger partial charge in [-0.2, -0.15) is 9.13 Å². The lowest BCUT2D eigenvalue weighted by molar-refractivity contribution is -0.805. The van der Waals surface area contributed by atoms with Gasteiger partial charge in [-0.15, -0.1) is 0 Å². The van der Waals surface area contributed by atoms with E-state index in [1.54, 1.807) is 24.3 Å². The topological polar surface area (TPSA) is 92.9 Å². The highest BCUT2D eigenvalue weighted by atomic mass is 35.5. The minimum atomic E-state index is -1.91. The lowest BCUT2D eigenvalue weighted by Gasteiger charge is -2.37. The lowest BCUT2D eigenvalue weighted by atomic mass is 9.86. The number of carboxylic acid groups (broad SMARTS) is 1. The molecule has 1 spiro atoms. The van der Waals surface area contributed by atoms with Crippen LogP contribution >= 0.6 is 139 Å². The Kier molecular flexibility index (Phi) is 19.9. The van der Waals surface area contributed by atoms with Crippen LogP contribution < -0.4 is 39.2 Å². The van der Waals surface area contributed by atoms with Gasteiger partial charge in [-0.05, 0) is 110 Å². The Bertz CT molecular complexity index is 7490. The molecule has 0 N–H and O–H groups in total. The van der Waals surface area contributed by atoms with Gasteiger partial charge in [0, 0.05) is 62.5 Å². The fourth-order valence-corrected chi connectivity index (χ4v) is 21.2. The number of allylic oxidation sites excluding steroid dienone is 2. The van der Waals surface area contributed by atoms with Crippen LogP contribution in [0.15, 0.2) is 206 Å². The van der Waals surface area contributed by atoms with Gasteiger partial charge in [-0.25, -0.2) is 0 Å². The summed E-state index contributed by atoms with van der Waals surface area (Å²) in [6.45, 7) is 13.0. The minimum Gasteiger partial charge on any atom is -0.545 e. The number of rotatable bonds is 16. The number of hydrogen-bond acceptors (Lipinski definition) is 6. The van der Waals surface area contributed by atoms with Gasteiger partial charge in [0.05, 0.1) is 112 Å². The predicted octanol–water partition coefficient (Wildman–Crippen LogP) is 28.8. The number of carbonyl (C=O) groups excluding carboxylic acids is 1. The lowest BCUT2D eigenvalue weighted by Crippen LogP contribution is -2.69. The van der Waals surface area contributed by atoms with E-state index in [9.17, 15) is 9.90 Å². The van der Waals surface area contributed by atoms with Crippen LogP contribution in [0, 0.1) is 0 Å². The maximum atomic E-state index is 12.0. The minimum absolute atomic E-state index is 0.000802. The average molecular weight is 1870 g/mol. The molecule has 1 atom stereocenters. The van der Waals surface area contributed by atoms with Gasteiger partial charge < -0.3 is 28.8 Å². The monoisotopic (exact) mass is 1870 g/mol. The highest BCUT2D eigenvalue weighted by molar-refractivity contribution is 6.54. The number of fused-ring (bicyclic) bond motifs is 12. The molecule has 6 aliphatic heterocycles. The average Bonchev–Trinajstić information content (AvgIpc) is 1.45. The van der Waals surface area contributed by atoms with Gasteiger partial charge in [0.25, 0.3) is 0 Å². The summed E-state index contributed by atoms with van der Waals surface area (Å²) in [4.78, 5) is 12.0. The molecular weight excluding hydrogens is 1800 g/mol. The van der Waals surface area contributed by atoms with Crippen molar-refractivity contribution in [2.45, 2.75) is 58.3 Å². The summed E-state index contributed by atoms with van der Waals surface area (Å²) in [6.07, 6.45) is 15.9. The molecule has 614 valence electrons. The van der Waals surface area contributed by atoms with Gasteiger partial charge in [0.2, 0.25) is 22.8 Å². The molecule has 0 fully saturated rings. The molecule has 0 amide bonds. The summed E-state index contributed by atoms with van der Waals surface area (Å²) in [5, 5.41) is 14.9. The van der Waals surface area contributed by atoms with Crippen molar-refractivity contribution < 1.29 is 38.0 Å². The van der Waals surface area contributed by atoms with Gasteiger partial charge in [-0.3, -0.25) is 4.48 Å². The normalized spacial score (nSPS) is 15.2. The number of benzene rings is 12. The molecule has 2 aromatic heterocycles. The highest BCUT2D eigenvalue weighted by Crippen LogP contribution is 2.64. The number of nitrogens with zero attached hydrogens (tertiary/aromatic N) is 5. The Morgan fingerprint density at radius 3 is 1.18 bits per heavy atom. The fraction of sp³-hybridized carbons (Fsp3) is 0.119. The van der Waals surface area contributed by atoms with Crippen molar-refractivity contribution in [1.29, 1.82) is 0 Å². The van der Waals surface area contributed by atoms with Crippen molar-refractivity contribution >= 4 is 232 Å². The van der Waals surface area contributed by atoms with Crippen molar-refractivity contribution in [2.24, 2.45) is 0 Å². The van der Waals surface area contributed by atoms with Crippen molar-refractivity contribution in [3.63, 3.8) is 0 Å². The number of carboxylic acids is 1. The van der Waals surface area contributed by atoms with E-state index in [1.165, 1.54) is 17.8 Å². The first-order valence-corrected chi connectivity index (χ1v) is 44.1. The van der Waals surface area contributed by atoms with Crippen LogP contribution in [0.1, 0.15) is 108 Å². The van der Waals surface area contributed by atoms with Crippen LogP contribution in [0.2, 0.25) is 60.3 Å². The van der Waals surface area contributed by atoms with Crippen LogP contribution in [-0.4, -0.2) is 56.8 Å². The zero-order chi connectivity index (χ0) is 86.7. The van der Waals surface area contributed by atoms with E-state index in [-0.39, 0.29) is 99.7 Å². The third kappa shape index (κ3) is 12.6. The SMILES string of the molecule is CC(C)(C)c1ccc(-c2ccccc2Oc2c(Cl)c(Cl)c3c(c2Cl)C2=Cc4c5c(Cl)c(Oc6ccccc6-c6ccc(C(C)(C)C)cc6)c(Cl)c(Cl)c5c5n4C46n7c(c8c(Cl)c(Cl)c(Oc9ccccc9-c9ccc(C(=O)[O-])cc9)c(Cl)c8c7=CC7=[N+]4C(=C5)c4c(Cl)c(Cl)c(Oc5ccc(/C=C/C=C/c8ccc([N+](C)(C)C)cc8)cc5)c(Cl)c47)=CC3=[N+]26)cc1. The summed E-state index contributed by atoms with van der Waals surface area (Å²) in [7, 11) is 6.41. The van der Waals surface area contributed by atoms with Crippen molar-refractivity contribution in [1.82, 2.24) is 13.6 Å². The van der Waals surface area contributed by atoms with E-state index in [2.05, 4.69) is 160 Å². The maximum absolute atomic E-state index is 12.0. The number of carbonyl (C=O) groups is 1. The molecule has 124 heavy (non-hydrogen) atoms. The molecular formula is C101H67Cl12N5O6+2. The van der Waals surface area contributed by atoms with Crippen LogP contribution in [-0.2, 0) is 16.7 Å². The summed E-state index contributed by atoms with van der Waals surface area (Å²) in [5.41, 5.74) is 14.0. The molecule has 14 aromatic rings. The van der Waals surface area contributed by atoms with Crippen LogP contribution in [0.4, 0.5) is 5.69 Å². The van der Waals surface area contributed by atoms with Crippen LogP contribution in [0.3, 0.4) is 0 Å². The molecule has 12 aromatic carbocycles. The Balaban J connectivity index is 0.850. The summed E-state index contributed by atoms with van der Waals surface area (Å²) in [5.74, 6) is -1.53. The second-order valence-electron chi connectivity index (χ2n) is 34.0. The van der Waals surface area contributed by atoms with E-state index in [1.807, 2.05) is 127 Å². The van der Waals surface area contributed by atoms with E-state index in [0.29, 0.717) is 127 Å². The number of ether oxygens (including phenoxy) is 4. The molecule has 0 saturated heterocycles. The molecule has 0 bridgehead atoms. The Labute approximate surface area is 773 Å². The number of aromatic nitrogens is 2. The highest BCUT2D eigenvalue weighted by Gasteiger charge is 2.74.